The molecule has 7 heteroatoms. The average Bonchev–Trinajstić information content (AvgIpc) is 2.68. The number of nitrogens with zero attached hydrogens (tertiary/aromatic N) is 1. The third-order valence-corrected chi connectivity index (χ3v) is 6.65. The van der Waals surface area contributed by atoms with E-state index < -0.39 is 10.0 Å². The fourth-order valence-electron chi connectivity index (χ4n) is 3.50. The molecule has 0 aromatic heterocycles. The fourth-order valence-corrected chi connectivity index (χ4v) is 4.91. The Morgan fingerprint density at radius 3 is 2.63 bits per heavy atom. The number of halogens is 1. The van der Waals surface area contributed by atoms with Gasteiger partial charge in [-0.1, -0.05) is 35.9 Å². The Hall–Kier alpha value is -2.02. The van der Waals surface area contributed by atoms with Crippen LogP contribution in [0.1, 0.15) is 17.5 Å². The van der Waals surface area contributed by atoms with Crippen LogP contribution in [-0.2, 0) is 21.2 Å². The second kappa shape index (κ2) is 7.54. The van der Waals surface area contributed by atoms with E-state index in [9.17, 15) is 8.42 Å². The lowest BCUT2D eigenvalue weighted by molar-refractivity contribution is 0.123. The van der Waals surface area contributed by atoms with E-state index in [0.29, 0.717) is 48.3 Å². The van der Waals surface area contributed by atoms with Gasteiger partial charge in [-0.05, 0) is 48.2 Å². The number of hydrogen-bond acceptors (Lipinski definition) is 4. The number of fused-ring (bicyclic) bond motifs is 1. The van der Waals surface area contributed by atoms with Gasteiger partial charge in [-0.2, -0.15) is 0 Å². The van der Waals surface area contributed by atoms with Gasteiger partial charge in [0.15, 0.2) is 0 Å². The van der Waals surface area contributed by atoms with Crippen LogP contribution < -0.4 is 9.62 Å². The number of sulfonamides is 1. The average molecular weight is 405 g/mol. The third kappa shape index (κ3) is 3.98. The van der Waals surface area contributed by atoms with Crippen LogP contribution in [-0.4, -0.2) is 34.7 Å². The first-order valence-electron chi connectivity index (χ1n) is 8.96. The summed E-state index contributed by atoms with van der Waals surface area (Å²) in [7, 11) is -3.66. The number of nitrogens with one attached hydrogen (secondary N) is 1. The van der Waals surface area contributed by atoms with Crippen LogP contribution in [0.5, 0.6) is 0 Å². The van der Waals surface area contributed by atoms with Crippen molar-refractivity contribution in [3.8, 4) is 0 Å². The number of benzene rings is 2. The molecule has 4 rings (SSSR count). The van der Waals surface area contributed by atoms with Crippen molar-refractivity contribution in [2.75, 3.05) is 35.9 Å². The van der Waals surface area contributed by atoms with Crippen molar-refractivity contribution >= 4 is 39.1 Å². The summed E-state index contributed by atoms with van der Waals surface area (Å²) in [6, 6.07) is 13.2. The molecule has 5 nitrogen and oxygen atoms in total. The molecule has 1 aliphatic heterocycles. The molecule has 1 heterocycles. The molecule has 1 N–H and O–H groups in total. The second-order valence-electron chi connectivity index (χ2n) is 6.68. The maximum absolute atomic E-state index is 13.0. The van der Waals surface area contributed by atoms with Gasteiger partial charge in [0, 0.05) is 18.1 Å². The molecule has 0 atom stereocenters. The van der Waals surface area contributed by atoms with Gasteiger partial charge >= 0.3 is 0 Å². The largest absolute Gasteiger partial charge is 0.378 e. The van der Waals surface area contributed by atoms with Crippen LogP contribution in [0.4, 0.5) is 11.4 Å². The normalized spacial score (nSPS) is 17.2. The molecule has 0 unspecified atom stereocenters. The summed E-state index contributed by atoms with van der Waals surface area (Å²) < 4.78 is 34.3. The predicted molar refractivity (Wildman–Crippen MR) is 110 cm³/mol. The van der Waals surface area contributed by atoms with Crippen LogP contribution in [0.3, 0.4) is 0 Å². The van der Waals surface area contributed by atoms with Crippen LogP contribution in [0.15, 0.2) is 47.4 Å². The zero-order valence-corrected chi connectivity index (χ0v) is 16.4. The lowest BCUT2D eigenvalue weighted by Crippen LogP contribution is -2.36. The van der Waals surface area contributed by atoms with Crippen molar-refractivity contribution in [1.29, 1.82) is 0 Å². The summed E-state index contributed by atoms with van der Waals surface area (Å²) in [6.45, 7) is 2.67. The predicted octanol–water partition coefficient (Wildman–Crippen LogP) is 3.91. The highest BCUT2D eigenvalue weighted by Gasteiger charge is 2.24. The number of anilines is 2. The number of morpholine rings is 1. The minimum Gasteiger partial charge on any atom is -0.378 e. The molecule has 27 heavy (non-hydrogen) atoms. The minimum absolute atomic E-state index is 0.397. The van der Waals surface area contributed by atoms with Gasteiger partial charge in [-0.3, -0.25) is 4.72 Å². The van der Waals surface area contributed by atoms with E-state index in [1.54, 1.807) is 18.2 Å². The van der Waals surface area contributed by atoms with Crippen LogP contribution in [0, 0.1) is 0 Å². The SMILES string of the molecule is O=S(=O)(Nc1cc(Cl)ccc1N1CCOCC1)C1=Cc2ccccc2CC1. The van der Waals surface area contributed by atoms with E-state index in [1.165, 1.54) is 5.56 Å². The third-order valence-electron chi connectivity index (χ3n) is 4.91. The highest BCUT2D eigenvalue weighted by atomic mass is 35.5. The summed E-state index contributed by atoms with van der Waals surface area (Å²) in [6.07, 6.45) is 2.97. The van der Waals surface area contributed by atoms with Gasteiger partial charge in [0.05, 0.1) is 29.5 Å². The van der Waals surface area contributed by atoms with Crippen molar-refractivity contribution in [2.45, 2.75) is 12.8 Å². The monoisotopic (exact) mass is 404 g/mol. The molecule has 1 aliphatic carbocycles. The van der Waals surface area contributed by atoms with Gasteiger partial charge in [-0.15, -0.1) is 0 Å². The molecule has 2 aliphatic rings. The maximum atomic E-state index is 13.0. The molecule has 0 radical (unpaired) electrons. The van der Waals surface area contributed by atoms with E-state index in [2.05, 4.69) is 9.62 Å². The van der Waals surface area contributed by atoms with Gasteiger partial charge < -0.3 is 9.64 Å². The Bertz CT molecular complexity index is 982. The molecule has 1 fully saturated rings. The Morgan fingerprint density at radius 1 is 1.04 bits per heavy atom. The molecule has 0 bridgehead atoms. The first kappa shape index (κ1) is 18.3. The quantitative estimate of drug-likeness (QED) is 0.839. The molecule has 2 aromatic rings. The molecule has 2 aromatic carbocycles. The van der Waals surface area contributed by atoms with E-state index in [4.69, 9.17) is 16.3 Å². The molecule has 0 saturated carbocycles. The topological polar surface area (TPSA) is 58.6 Å². The van der Waals surface area contributed by atoms with Crippen molar-refractivity contribution in [1.82, 2.24) is 0 Å². The number of hydrogen-bond donors (Lipinski definition) is 1. The van der Waals surface area contributed by atoms with E-state index >= 15 is 0 Å². The minimum atomic E-state index is -3.66. The van der Waals surface area contributed by atoms with E-state index in [0.717, 1.165) is 17.7 Å². The Kier molecular flexibility index (Phi) is 5.12. The molecular weight excluding hydrogens is 384 g/mol. The zero-order chi connectivity index (χ0) is 18.9. The lowest BCUT2D eigenvalue weighted by atomic mass is 9.98. The second-order valence-corrected chi connectivity index (χ2v) is 8.85. The van der Waals surface area contributed by atoms with E-state index in [-0.39, 0.29) is 0 Å². The van der Waals surface area contributed by atoms with Crippen molar-refractivity contribution in [2.24, 2.45) is 0 Å². The van der Waals surface area contributed by atoms with Gasteiger partial charge in [0.1, 0.15) is 0 Å². The summed E-state index contributed by atoms with van der Waals surface area (Å²) in [5, 5.41) is 0.493. The highest BCUT2D eigenvalue weighted by Crippen LogP contribution is 2.33. The number of rotatable bonds is 4. The molecule has 142 valence electrons. The molecule has 1 saturated heterocycles. The first-order valence-corrected chi connectivity index (χ1v) is 10.8. The van der Waals surface area contributed by atoms with Crippen molar-refractivity contribution < 1.29 is 13.2 Å². The fraction of sp³-hybridized carbons (Fsp3) is 0.300. The Balaban J connectivity index is 1.65. The van der Waals surface area contributed by atoms with Crippen molar-refractivity contribution in [3.05, 3.63) is 63.5 Å². The summed E-state index contributed by atoms with van der Waals surface area (Å²) in [5.74, 6) is 0. The maximum Gasteiger partial charge on any atom is 0.258 e. The van der Waals surface area contributed by atoms with Crippen LogP contribution >= 0.6 is 11.6 Å². The molecule has 0 amide bonds. The lowest BCUT2D eigenvalue weighted by Gasteiger charge is -2.31. The van der Waals surface area contributed by atoms with Gasteiger partial charge in [-0.25, -0.2) is 8.42 Å². The van der Waals surface area contributed by atoms with Gasteiger partial charge in [0.25, 0.3) is 10.0 Å². The standard InChI is InChI=1S/C20H21ClN2O3S/c21-17-6-8-20(23-9-11-26-12-10-23)19(14-17)22-27(24,25)18-7-5-15-3-1-2-4-16(15)13-18/h1-4,6,8,13-14,22H,5,7,9-12H2. The number of ether oxygens (including phenoxy) is 1. The smallest absolute Gasteiger partial charge is 0.258 e. The summed E-state index contributed by atoms with van der Waals surface area (Å²) in [5.41, 5.74) is 3.46. The number of allylic oxidation sites excluding steroid dienone is 1. The van der Waals surface area contributed by atoms with Crippen LogP contribution in [0.2, 0.25) is 5.02 Å². The van der Waals surface area contributed by atoms with Crippen molar-refractivity contribution in [3.63, 3.8) is 0 Å². The first-order chi connectivity index (χ1) is 13.0. The molecular formula is C20H21ClN2O3S. The number of aryl methyl sites for hydroxylation is 1. The summed E-state index contributed by atoms with van der Waals surface area (Å²) >= 11 is 6.14. The van der Waals surface area contributed by atoms with Gasteiger partial charge in [0.2, 0.25) is 0 Å². The summed E-state index contributed by atoms with van der Waals surface area (Å²) in [4.78, 5) is 2.51. The van der Waals surface area contributed by atoms with Crippen LogP contribution in [0.25, 0.3) is 6.08 Å². The Morgan fingerprint density at radius 2 is 1.81 bits per heavy atom. The van der Waals surface area contributed by atoms with E-state index in [1.807, 2.05) is 30.3 Å². The molecule has 0 spiro atoms. The zero-order valence-electron chi connectivity index (χ0n) is 14.8. The Labute approximate surface area is 164 Å². The highest BCUT2D eigenvalue weighted by molar-refractivity contribution is 7.96.